The normalized spacial score (nSPS) is 10.6. The second kappa shape index (κ2) is 6.03. The molecule has 1 amide bonds. The Morgan fingerprint density at radius 3 is 2.58 bits per heavy atom. The molecular formula is C15H11F2N5O2. The van der Waals surface area contributed by atoms with Crippen LogP contribution in [0.2, 0.25) is 0 Å². The van der Waals surface area contributed by atoms with Crippen LogP contribution in [-0.2, 0) is 7.05 Å². The van der Waals surface area contributed by atoms with E-state index in [9.17, 15) is 18.4 Å². The summed E-state index contributed by atoms with van der Waals surface area (Å²) < 4.78 is 28.5. The van der Waals surface area contributed by atoms with E-state index in [0.717, 1.165) is 16.8 Å². The summed E-state index contributed by atoms with van der Waals surface area (Å²) in [5.41, 5.74) is -0.553. The van der Waals surface area contributed by atoms with Gasteiger partial charge in [0.05, 0.1) is 11.3 Å². The molecule has 3 rings (SSSR count). The van der Waals surface area contributed by atoms with Gasteiger partial charge in [-0.3, -0.25) is 14.7 Å². The monoisotopic (exact) mass is 331 g/mol. The van der Waals surface area contributed by atoms with Crippen LogP contribution in [0.3, 0.4) is 0 Å². The molecule has 7 nitrogen and oxygen atoms in total. The molecule has 0 radical (unpaired) electrons. The highest BCUT2D eigenvalue weighted by atomic mass is 19.1. The Labute approximate surface area is 133 Å². The fourth-order valence-corrected chi connectivity index (χ4v) is 2.07. The standard InChI is InChI=1S/C15H11F2N5O2/c1-22-13(23)6-5-10(21-22)15(24)18-12-7-11(19-20-12)14-8(16)3-2-4-9(14)17/h2-7H,1H3,(H2,18,19,20,24). The Bertz CT molecular complexity index is 960. The Kier molecular flexibility index (Phi) is 3.90. The average Bonchev–Trinajstić information content (AvgIpc) is 2.98. The van der Waals surface area contributed by atoms with E-state index in [-0.39, 0.29) is 28.3 Å². The number of amides is 1. The molecule has 0 fully saturated rings. The first kappa shape index (κ1) is 15.5. The number of rotatable bonds is 3. The molecule has 1 aromatic carbocycles. The molecule has 0 atom stereocenters. The zero-order chi connectivity index (χ0) is 17.3. The van der Waals surface area contributed by atoms with Crippen LogP contribution < -0.4 is 10.9 Å². The minimum atomic E-state index is -0.753. The molecule has 0 unspecified atom stereocenters. The first-order chi connectivity index (χ1) is 11.5. The lowest BCUT2D eigenvalue weighted by atomic mass is 10.1. The zero-order valence-electron chi connectivity index (χ0n) is 12.4. The maximum absolute atomic E-state index is 13.7. The smallest absolute Gasteiger partial charge is 0.277 e. The molecule has 0 saturated carbocycles. The van der Waals surface area contributed by atoms with E-state index in [1.54, 1.807) is 0 Å². The van der Waals surface area contributed by atoms with Gasteiger partial charge in [0.2, 0.25) is 0 Å². The molecule has 0 aliphatic rings. The largest absolute Gasteiger partial charge is 0.304 e. The van der Waals surface area contributed by atoms with Crippen LogP contribution in [0.25, 0.3) is 11.3 Å². The van der Waals surface area contributed by atoms with Gasteiger partial charge in [-0.1, -0.05) is 6.07 Å². The van der Waals surface area contributed by atoms with Gasteiger partial charge >= 0.3 is 0 Å². The topological polar surface area (TPSA) is 92.7 Å². The van der Waals surface area contributed by atoms with Crippen molar-refractivity contribution in [3.63, 3.8) is 0 Å². The van der Waals surface area contributed by atoms with Gasteiger partial charge in [0.15, 0.2) is 5.82 Å². The lowest BCUT2D eigenvalue weighted by molar-refractivity contribution is 0.101. The predicted molar refractivity (Wildman–Crippen MR) is 81.4 cm³/mol. The van der Waals surface area contributed by atoms with E-state index in [2.05, 4.69) is 20.6 Å². The number of aryl methyl sites for hydroxylation is 1. The number of anilines is 1. The van der Waals surface area contributed by atoms with Crippen molar-refractivity contribution in [1.82, 2.24) is 20.0 Å². The summed E-state index contributed by atoms with van der Waals surface area (Å²) in [5, 5.41) is 12.5. The summed E-state index contributed by atoms with van der Waals surface area (Å²) in [7, 11) is 1.41. The van der Waals surface area contributed by atoms with Gasteiger partial charge < -0.3 is 5.32 Å². The number of H-pyrrole nitrogens is 1. The summed E-state index contributed by atoms with van der Waals surface area (Å²) in [6.45, 7) is 0. The number of benzene rings is 1. The van der Waals surface area contributed by atoms with Crippen molar-refractivity contribution in [2.75, 3.05) is 5.32 Å². The third kappa shape index (κ3) is 2.91. The summed E-state index contributed by atoms with van der Waals surface area (Å²) in [6, 6.07) is 7.24. The van der Waals surface area contributed by atoms with Crippen LogP contribution in [0.1, 0.15) is 10.5 Å². The maximum atomic E-state index is 13.7. The molecule has 3 aromatic rings. The quantitative estimate of drug-likeness (QED) is 0.764. The highest BCUT2D eigenvalue weighted by Gasteiger charge is 2.15. The molecular weight excluding hydrogens is 320 g/mol. The lowest BCUT2D eigenvalue weighted by Gasteiger charge is -2.02. The summed E-state index contributed by atoms with van der Waals surface area (Å²) >= 11 is 0. The van der Waals surface area contributed by atoms with Crippen LogP contribution in [-0.4, -0.2) is 25.9 Å². The summed E-state index contributed by atoms with van der Waals surface area (Å²) in [5.74, 6) is -2.06. The van der Waals surface area contributed by atoms with E-state index < -0.39 is 17.5 Å². The van der Waals surface area contributed by atoms with Crippen molar-refractivity contribution in [3.05, 3.63) is 64.1 Å². The molecule has 0 aliphatic carbocycles. The number of hydrogen-bond donors (Lipinski definition) is 2. The Morgan fingerprint density at radius 2 is 1.92 bits per heavy atom. The summed E-state index contributed by atoms with van der Waals surface area (Å²) in [6.07, 6.45) is 0. The molecule has 0 bridgehead atoms. The number of aromatic nitrogens is 4. The Hall–Kier alpha value is -3.36. The number of hydrogen-bond acceptors (Lipinski definition) is 4. The van der Waals surface area contributed by atoms with Gasteiger partial charge in [-0.05, 0) is 18.2 Å². The minimum Gasteiger partial charge on any atom is -0.304 e. The van der Waals surface area contributed by atoms with Crippen LogP contribution in [0.15, 0.2) is 41.2 Å². The molecule has 2 aromatic heterocycles. The third-order valence-corrected chi connectivity index (χ3v) is 3.24. The highest BCUT2D eigenvalue weighted by Crippen LogP contribution is 2.25. The second-order valence-corrected chi connectivity index (χ2v) is 4.90. The van der Waals surface area contributed by atoms with Crippen LogP contribution in [0.4, 0.5) is 14.6 Å². The first-order valence-corrected chi connectivity index (χ1v) is 6.81. The van der Waals surface area contributed by atoms with Crippen molar-refractivity contribution in [2.45, 2.75) is 0 Å². The minimum absolute atomic E-state index is 0.00118. The number of halogens is 2. The number of aromatic amines is 1. The highest BCUT2D eigenvalue weighted by molar-refractivity contribution is 6.02. The van der Waals surface area contributed by atoms with Crippen molar-refractivity contribution in [3.8, 4) is 11.3 Å². The number of nitrogens with zero attached hydrogens (tertiary/aromatic N) is 3. The molecule has 24 heavy (non-hydrogen) atoms. The molecule has 0 saturated heterocycles. The second-order valence-electron chi connectivity index (χ2n) is 4.90. The lowest BCUT2D eigenvalue weighted by Crippen LogP contribution is -2.23. The first-order valence-electron chi connectivity index (χ1n) is 6.81. The molecule has 2 heterocycles. The third-order valence-electron chi connectivity index (χ3n) is 3.24. The van der Waals surface area contributed by atoms with Gasteiger partial charge in [0.25, 0.3) is 11.5 Å². The molecule has 0 aliphatic heterocycles. The van der Waals surface area contributed by atoms with Crippen LogP contribution in [0, 0.1) is 11.6 Å². The van der Waals surface area contributed by atoms with Gasteiger partial charge in [0, 0.05) is 19.2 Å². The molecule has 0 spiro atoms. The Morgan fingerprint density at radius 1 is 1.21 bits per heavy atom. The number of carbonyl (C=O) groups is 1. The number of nitrogens with one attached hydrogen (secondary N) is 2. The summed E-state index contributed by atoms with van der Waals surface area (Å²) in [4.78, 5) is 23.3. The number of carbonyl (C=O) groups excluding carboxylic acids is 1. The predicted octanol–water partition coefficient (Wildman–Crippen LogP) is 1.70. The fraction of sp³-hybridized carbons (Fsp3) is 0.0667. The molecule has 122 valence electrons. The van der Waals surface area contributed by atoms with Gasteiger partial charge in [0.1, 0.15) is 17.3 Å². The van der Waals surface area contributed by atoms with Crippen molar-refractivity contribution >= 4 is 11.7 Å². The van der Waals surface area contributed by atoms with Crippen LogP contribution >= 0.6 is 0 Å². The van der Waals surface area contributed by atoms with E-state index in [0.29, 0.717) is 0 Å². The van der Waals surface area contributed by atoms with E-state index >= 15 is 0 Å². The Balaban J connectivity index is 1.85. The fourth-order valence-electron chi connectivity index (χ4n) is 2.07. The van der Waals surface area contributed by atoms with Gasteiger partial charge in [-0.2, -0.15) is 10.2 Å². The average molecular weight is 331 g/mol. The van der Waals surface area contributed by atoms with E-state index in [1.165, 1.54) is 31.3 Å². The molecule has 9 heteroatoms. The van der Waals surface area contributed by atoms with Crippen molar-refractivity contribution in [1.29, 1.82) is 0 Å². The van der Waals surface area contributed by atoms with Crippen LogP contribution in [0.5, 0.6) is 0 Å². The van der Waals surface area contributed by atoms with Crippen molar-refractivity contribution in [2.24, 2.45) is 7.05 Å². The van der Waals surface area contributed by atoms with Crippen molar-refractivity contribution < 1.29 is 13.6 Å². The van der Waals surface area contributed by atoms with Gasteiger partial charge in [-0.15, -0.1) is 0 Å². The zero-order valence-corrected chi connectivity index (χ0v) is 12.4. The molecule has 2 N–H and O–H groups in total. The van der Waals surface area contributed by atoms with Gasteiger partial charge in [-0.25, -0.2) is 13.5 Å². The van der Waals surface area contributed by atoms with E-state index in [1.807, 2.05) is 0 Å². The SMILES string of the molecule is Cn1nc(C(=O)Nc2cc(-c3c(F)cccc3F)[nH]n2)ccc1=O. The van der Waals surface area contributed by atoms with E-state index in [4.69, 9.17) is 0 Å². The maximum Gasteiger partial charge on any atom is 0.277 e.